The number of benzene rings is 1. The Morgan fingerprint density at radius 1 is 1.37 bits per heavy atom. The monoisotopic (exact) mass is 282 g/mol. The van der Waals surface area contributed by atoms with Gasteiger partial charge in [-0.2, -0.15) is 0 Å². The molecule has 0 aromatic heterocycles. The zero-order valence-corrected chi connectivity index (χ0v) is 12.2. The van der Waals surface area contributed by atoms with E-state index in [9.17, 15) is 8.42 Å². The fourth-order valence-electron chi connectivity index (χ4n) is 2.26. The largest absolute Gasteiger partial charge is 0.326 e. The SMILES string of the molecule is CN(CCS(=O)(=O)c1cccc(CN)c1)C1CCC1. The van der Waals surface area contributed by atoms with Gasteiger partial charge in [-0.1, -0.05) is 18.6 Å². The molecule has 0 unspecified atom stereocenters. The molecule has 0 bridgehead atoms. The molecule has 2 rings (SSSR count). The molecule has 5 heteroatoms. The van der Waals surface area contributed by atoms with E-state index < -0.39 is 9.84 Å². The summed E-state index contributed by atoms with van der Waals surface area (Å²) in [5, 5.41) is 0. The van der Waals surface area contributed by atoms with Crippen molar-refractivity contribution in [3.05, 3.63) is 29.8 Å². The van der Waals surface area contributed by atoms with E-state index in [0.29, 0.717) is 24.0 Å². The number of rotatable bonds is 6. The van der Waals surface area contributed by atoms with Crippen molar-refractivity contribution in [2.75, 3.05) is 19.3 Å². The lowest BCUT2D eigenvalue weighted by molar-refractivity contribution is 0.168. The summed E-state index contributed by atoms with van der Waals surface area (Å²) < 4.78 is 24.5. The van der Waals surface area contributed by atoms with Gasteiger partial charge in [0.15, 0.2) is 9.84 Å². The van der Waals surface area contributed by atoms with Crippen molar-refractivity contribution in [2.24, 2.45) is 5.73 Å². The van der Waals surface area contributed by atoms with E-state index in [1.807, 2.05) is 13.1 Å². The van der Waals surface area contributed by atoms with E-state index in [1.54, 1.807) is 18.2 Å². The second kappa shape index (κ2) is 6.03. The van der Waals surface area contributed by atoms with Crippen molar-refractivity contribution in [1.29, 1.82) is 0 Å². The summed E-state index contributed by atoms with van der Waals surface area (Å²) in [7, 11) is -1.19. The quantitative estimate of drug-likeness (QED) is 0.856. The number of hydrogen-bond donors (Lipinski definition) is 1. The molecule has 0 saturated heterocycles. The fraction of sp³-hybridized carbons (Fsp3) is 0.571. The van der Waals surface area contributed by atoms with Crippen molar-refractivity contribution < 1.29 is 8.42 Å². The first-order valence-electron chi connectivity index (χ1n) is 6.75. The smallest absolute Gasteiger partial charge is 0.179 e. The predicted octanol–water partition coefficient (Wildman–Crippen LogP) is 1.40. The minimum atomic E-state index is -3.20. The van der Waals surface area contributed by atoms with Crippen LogP contribution in [0, 0.1) is 0 Å². The van der Waals surface area contributed by atoms with E-state index in [2.05, 4.69) is 4.90 Å². The lowest BCUT2D eigenvalue weighted by atomic mass is 9.92. The molecule has 1 saturated carbocycles. The summed E-state index contributed by atoms with van der Waals surface area (Å²) >= 11 is 0. The average molecular weight is 282 g/mol. The van der Waals surface area contributed by atoms with E-state index in [1.165, 1.54) is 19.3 Å². The lowest BCUT2D eigenvalue weighted by Crippen LogP contribution is -2.39. The maximum atomic E-state index is 12.3. The molecule has 1 aliphatic rings. The average Bonchev–Trinajstić information content (AvgIpc) is 2.34. The molecule has 1 aromatic rings. The first-order valence-corrected chi connectivity index (χ1v) is 8.40. The molecule has 0 heterocycles. The van der Waals surface area contributed by atoms with E-state index in [-0.39, 0.29) is 5.75 Å². The van der Waals surface area contributed by atoms with Crippen LogP contribution in [0.25, 0.3) is 0 Å². The molecule has 19 heavy (non-hydrogen) atoms. The van der Waals surface area contributed by atoms with Gasteiger partial charge in [0, 0.05) is 19.1 Å². The number of hydrogen-bond acceptors (Lipinski definition) is 4. The van der Waals surface area contributed by atoms with Gasteiger partial charge in [0.2, 0.25) is 0 Å². The molecule has 0 amide bonds. The second-order valence-electron chi connectivity index (χ2n) is 5.24. The van der Waals surface area contributed by atoms with Crippen LogP contribution in [0.2, 0.25) is 0 Å². The van der Waals surface area contributed by atoms with Gasteiger partial charge >= 0.3 is 0 Å². The highest BCUT2D eigenvalue weighted by atomic mass is 32.2. The summed E-state index contributed by atoms with van der Waals surface area (Å²) in [6, 6.07) is 7.51. The highest BCUT2D eigenvalue weighted by Gasteiger charge is 2.23. The molecule has 0 spiro atoms. The summed E-state index contributed by atoms with van der Waals surface area (Å²) in [6.45, 7) is 0.963. The molecule has 106 valence electrons. The molecule has 0 atom stereocenters. The Morgan fingerprint density at radius 3 is 2.68 bits per heavy atom. The van der Waals surface area contributed by atoms with Gasteiger partial charge in [0.25, 0.3) is 0 Å². The molecule has 2 N–H and O–H groups in total. The van der Waals surface area contributed by atoms with Gasteiger partial charge in [-0.15, -0.1) is 0 Å². The zero-order chi connectivity index (χ0) is 13.9. The third kappa shape index (κ3) is 3.55. The summed E-state index contributed by atoms with van der Waals surface area (Å²) in [5.74, 6) is 0.175. The fourth-order valence-corrected chi connectivity index (χ4v) is 3.64. The second-order valence-corrected chi connectivity index (χ2v) is 7.34. The highest BCUT2D eigenvalue weighted by molar-refractivity contribution is 7.91. The van der Waals surface area contributed by atoms with Crippen molar-refractivity contribution in [1.82, 2.24) is 4.90 Å². The van der Waals surface area contributed by atoms with Crippen molar-refractivity contribution >= 4 is 9.84 Å². The van der Waals surface area contributed by atoms with Crippen LogP contribution in [0.3, 0.4) is 0 Å². The first-order chi connectivity index (χ1) is 9.03. The summed E-state index contributed by atoms with van der Waals surface area (Å²) in [6.07, 6.45) is 3.65. The molecule has 0 aliphatic heterocycles. The minimum absolute atomic E-state index is 0.175. The van der Waals surface area contributed by atoms with Crippen LogP contribution in [0.1, 0.15) is 24.8 Å². The highest BCUT2D eigenvalue weighted by Crippen LogP contribution is 2.23. The van der Waals surface area contributed by atoms with Crippen LogP contribution in [-0.2, 0) is 16.4 Å². The summed E-state index contributed by atoms with van der Waals surface area (Å²) in [4.78, 5) is 2.55. The van der Waals surface area contributed by atoms with E-state index in [4.69, 9.17) is 5.73 Å². The first kappa shape index (κ1) is 14.5. The van der Waals surface area contributed by atoms with Gasteiger partial charge in [-0.05, 0) is 37.6 Å². The number of nitrogens with zero attached hydrogens (tertiary/aromatic N) is 1. The predicted molar refractivity (Wildman–Crippen MR) is 76.7 cm³/mol. The molecule has 0 radical (unpaired) electrons. The van der Waals surface area contributed by atoms with Crippen molar-refractivity contribution in [3.8, 4) is 0 Å². The normalized spacial score (nSPS) is 16.6. The molecule has 1 aliphatic carbocycles. The van der Waals surface area contributed by atoms with Crippen LogP contribution < -0.4 is 5.73 Å². The van der Waals surface area contributed by atoms with E-state index in [0.717, 1.165) is 5.56 Å². The lowest BCUT2D eigenvalue weighted by Gasteiger charge is -2.34. The number of sulfone groups is 1. The Balaban J connectivity index is 2.00. The minimum Gasteiger partial charge on any atom is -0.326 e. The van der Waals surface area contributed by atoms with Crippen LogP contribution >= 0.6 is 0 Å². The Labute approximate surface area is 115 Å². The standard InChI is InChI=1S/C14H22N2O2S/c1-16(13-5-3-6-13)8-9-19(17,18)14-7-2-4-12(10-14)11-15/h2,4,7,10,13H,3,5-6,8-9,11,15H2,1H3. The molecule has 1 fully saturated rings. The van der Waals surface area contributed by atoms with Crippen LogP contribution in [0.5, 0.6) is 0 Å². The van der Waals surface area contributed by atoms with Crippen molar-refractivity contribution in [2.45, 2.75) is 36.7 Å². The van der Waals surface area contributed by atoms with Gasteiger partial charge < -0.3 is 10.6 Å². The summed E-state index contributed by atoms with van der Waals surface area (Å²) in [5.41, 5.74) is 6.40. The Bertz CT molecular complexity index is 524. The van der Waals surface area contributed by atoms with Gasteiger partial charge in [0.1, 0.15) is 0 Å². The topological polar surface area (TPSA) is 63.4 Å². The molecular formula is C14H22N2O2S. The third-order valence-corrected chi connectivity index (χ3v) is 5.60. The third-order valence-electron chi connectivity index (χ3n) is 3.90. The zero-order valence-electron chi connectivity index (χ0n) is 11.4. The Kier molecular flexibility index (Phi) is 4.60. The van der Waals surface area contributed by atoms with Crippen LogP contribution in [0.15, 0.2) is 29.2 Å². The molecular weight excluding hydrogens is 260 g/mol. The van der Waals surface area contributed by atoms with Gasteiger partial charge in [0.05, 0.1) is 10.6 Å². The van der Waals surface area contributed by atoms with Crippen LogP contribution in [0.4, 0.5) is 0 Å². The number of nitrogens with two attached hydrogens (primary N) is 1. The molecule has 4 nitrogen and oxygen atoms in total. The van der Waals surface area contributed by atoms with Gasteiger partial charge in [-0.25, -0.2) is 8.42 Å². The van der Waals surface area contributed by atoms with E-state index >= 15 is 0 Å². The molecule has 1 aromatic carbocycles. The maximum absolute atomic E-state index is 12.3. The van der Waals surface area contributed by atoms with Crippen molar-refractivity contribution in [3.63, 3.8) is 0 Å². The van der Waals surface area contributed by atoms with Crippen LogP contribution in [-0.4, -0.2) is 38.7 Å². The maximum Gasteiger partial charge on any atom is 0.179 e. The Hall–Kier alpha value is -0.910. The van der Waals surface area contributed by atoms with Gasteiger partial charge in [-0.3, -0.25) is 0 Å². The Morgan fingerprint density at radius 2 is 2.11 bits per heavy atom.